The van der Waals surface area contributed by atoms with Gasteiger partial charge in [-0.3, -0.25) is 10.1 Å². The molecule has 1 aliphatic carbocycles. The van der Waals surface area contributed by atoms with E-state index in [0.29, 0.717) is 15.2 Å². The fourth-order valence-corrected chi connectivity index (χ4v) is 3.72. The van der Waals surface area contributed by atoms with E-state index in [4.69, 9.17) is 23.2 Å². The number of carbonyl (C=O) groups is 1. The number of aryl methyl sites for hydroxylation is 2. The van der Waals surface area contributed by atoms with Crippen LogP contribution >= 0.6 is 34.5 Å². The largest absolute Gasteiger partial charge is 0.298 e. The normalized spacial score (nSPS) is 13.6. The Kier molecular flexibility index (Phi) is 4.29. The van der Waals surface area contributed by atoms with Crippen LogP contribution < -0.4 is 5.32 Å². The van der Waals surface area contributed by atoms with Gasteiger partial charge < -0.3 is 0 Å². The Morgan fingerprint density at radius 3 is 2.95 bits per heavy atom. The van der Waals surface area contributed by atoms with Crippen LogP contribution in [0.2, 0.25) is 10.0 Å². The minimum atomic E-state index is -0.214. The molecule has 21 heavy (non-hydrogen) atoms. The van der Waals surface area contributed by atoms with Gasteiger partial charge >= 0.3 is 0 Å². The van der Waals surface area contributed by atoms with Crippen molar-refractivity contribution in [3.8, 4) is 0 Å². The Labute approximate surface area is 136 Å². The van der Waals surface area contributed by atoms with E-state index >= 15 is 0 Å². The lowest BCUT2D eigenvalue weighted by atomic mass is 10.2. The Morgan fingerprint density at radius 1 is 1.33 bits per heavy atom. The molecule has 0 atom stereocenters. The van der Waals surface area contributed by atoms with E-state index in [-0.39, 0.29) is 5.91 Å². The van der Waals surface area contributed by atoms with Crippen molar-refractivity contribution in [3.05, 3.63) is 50.5 Å². The number of nitrogens with zero attached hydrogens (tertiary/aromatic N) is 1. The van der Waals surface area contributed by atoms with E-state index in [9.17, 15) is 4.79 Å². The molecule has 0 bridgehead atoms. The van der Waals surface area contributed by atoms with Crippen molar-refractivity contribution >= 4 is 51.7 Å². The summed E-state index contributed by atoms with van der Waals surface area (Å²) in [5.41, 5.74) is 1.87. The van der Waals surface area contributed by atoms with Gasteiger partial charge in [0.25, 0.3) is 0 Å². The van der Waals surface area contributed by atoms with Gasteiger partial charge in [0, 0.05) is 21.0 Å². The van der Waals surface area contributed by atoms with Crippen LogP contribution in [-0.4, -0.2) is 10.9 Å². The fraction of sp³-hybridized carbons (Fsp3) is 0.200. The van der Waals surface area contributed by atoms with Crippen LogP contribution in [0.4, 0.5) is 5.13 Å². The molecule has 0 saturated heterocycles. The highest BCUT2D eigenvalue weighted by molar-refractivity contribution is 7.15. The lowest BCUT2D eigenvalue weighted by Gasteiger charge is -1.99. The molecule has 6 heteroatoms. The summed E-state index contributed by atoms with van der Waals surface area (Å²) in [6, 6.07) is 5.15. The molecular formula is C15H12Cl2N2OS. The second-order valence-corrected chi connectivity index (χ2v) is 6.66. The predicted octanol–water partition coefficient (Wildman–Crippen LogP) is 4.59. The van der Waals surface area contributed by atoms with Crippen LogP contribution in [0, 0.1) is 0 Å². The molecule has 1 aliphatic rings. The van der Waals surface area contributed by atoms with Gasteiger partial charge in [-0.2, -0.15) is 0 Å². The molecule has 1 aromatic carbocycles. The molecule has 1 N–H and O–H groups in total. The number of thiazole rings is 1. The number of hydrogen-bond donors (Lipinski definition) is 1. The smallest absolute Gasteiger partial charge is 0.250 e. The number of hydrogen-bond acceptors (Lipinski definition) is 3. The van der Waals surface area contributed by atoms with Gasteiger partial charge in [0.1, 0.15) is 0 Å². The van der Waals surface area contributed by atoms with E-state index in [1.54, 1.807) is 35.6 Å². The minimum Gasteiger partial charge on any atom is -0.298 e. The van der Waals surface area contributed by atoms with Gasteiger partial charge in [-0.15, -0.1) is 11.3 Å². The standard InChI is InChI=1S/C15H12Cl2N2OS/c16-10-6-4-9(11(17)8-10)5-7-14(20)19-15-18-12-2-1-3-13(12)21-15/h4-8H,1-3H2,(H,18,19,20)/b7-5+. The van der Waals surface area contributed by atoms with E-state index in [0.717, 1.165) is 30.5 Å². The molecule has 0 spiro atoms. The van der Waals surface area contributed by atoms with Crippen LogP contribution in [0.1, 0.15) is 22.6 Å². The van der Waals surface area contributed by atoms with Gasteiger partial charge in [0.05, 0.1) is 5.69 Å². The molecule has 0 saturated carbocycles. The van der Waals surface area contributed by atoms with Crippen molar-refractivity contribution < 1.29 is 4.79 Å². The number of fused-ring (bicyclic) bond motifs is 1. The summed E-state index contributed by atoms with van der Waals surface area (Å²) in [5, 5.41) is 4.53. The van der Waals surface area contributed by atoms with Gasteiger partial charge in [-0.05, 0) is 43.0 Å². The topological polar surface area (TPSA) is 42.0 Å². The maximum atomic E-state index is 11.9. The summed E-state index contributed by atoms with van der Waals surface area (Å²) >= 11 is 13.4. The summed E-state index contributed by atoms with van der Waals surface area (Å²) in [4.78, 5) is 17.6. The van der Waals surface area contributed by atoms with Crippen LogP contribution in [0.3, 0.4) is 0 Å². The summed E-state index contributed by atoms with van der Waals surface area (Å²) in [5.74, 6) is -0.214. The molecular weight excluding hydrogens is 327 g/mol. The monoisotopic (exact) mass is 338 g/mol. The maximum absolute atomic E-state index is 11.9. The molecule has 0 unspecified atom stereocenters. The molecule has 0 aliphatic heterocycles. The second kappa shape index (κ2) is 6.18. The van der Waals surface area contributed by atoms with Crippen molar-refractivity contribution in [2.45, 2.75) is 19.3 Å². The predicted molar refractivity (Wildman–Crippen MR) is 88.3 cm³/mol. The Balaban J connectivity index is 1.66. The first-order valence-electron chi connectivity index (χ1n) is 6.54. The van der Waals surface area contributed by atoms with Crippen molar-refractivity contribution in [2.75, 3.05) is 5.32 Å². The summed E-state index contributed by atoms with van der Waals surface area (Å²) in [6.45, 7) is 0. The number of halogens is 2. The van der Waals surface area contributed by atoms with E-state index in [2.05, 4.69) is 10.3 Å². The molecule has 108 valence electrons. The average molecular weight is 339 g/mol. The molecule has 1 aromatic heterocycles. The molecule has 3 nitrogen and oxygen atoms in total. The van der Waals surface area contributed by atoms with Crippen LogP contribution in [0.25, 0.3) is 6.08 Å². The molecule has 1 amide bonds. The quantitative estimate of drug-likeness (QED) is 0.831. The molecule has 1 heterocycles. The highest BCUT2D eigenvalue weighted by Gasteiger charge is 2.17. The highest BCUT2D eigenvalue weighted by Crippen LogP contribution is 2.30. The summed E-state index contributed by atoms with van der Waals surface area (Å²) in [6.07, 6.45) is 6.35. The second-order valence-electron chi connectivity index (χ2n) is 4.73. The Hall–Kier alpha value is -1.36. The average Bonchev–Trinajstić information content (AvgIpc) is 2.98. The third-order valence-corrected chi connectivity index (χ3v) is 4.84. The first kappa shape index (κ1) is 14.6. The first-order valence-corrected chi connectivity index (χ1v) is 8.12. The van der Waals surface area contributed by atoms with E-state index in [1.165, 1.54) is 11.0 Å². The van der Waals surface area contributed by atoms with Crippen LogP contribution in [0.5, 0.6) is 0 Å². The van der Waals surface area contributed by atoms with Crippen LogP contribution in [0.15, 0.2) is 24.3 Å². The number of aromatic nitrogens is 1. The van der Waals surface area contributed by atoms with Crippen molar-refractivity contribution in [1.82, 2.24) is 4.98 Å². The molecule has 0 fully saturated rings. The van der Waals surface area contributed by atoms with Gasteiger partial charge in [0.15, 0.2) is 5.13 Å². The SMILES string of the molecule is O=C(/C=C/c1ccc(Cl)cc1Cl)Nc1nc2c(s1)CCC2. The van der Waals surface area contributed by atoms with Crippen molar-refractivity contribution in [1.29, 1.82) is 0 Å². The molecule has 3 rings (SSSR count). The lowest BCUT2D eigenvalue weighted by Crippen LogP contribution is -2.07. The number of rotatable bonds is 3. The van der Waals surface area contributed by atoms with Crippen molar-refractivity contribution in [3.63, 3.8) is 0 Å². The Morgan fingerprint density at radius 2 is 2.19 bits per heavy atom. The van der Waals surface area contributed by atoms with Crippen LogP contribution in [-0.2, 0) is 17.6 Å². The van der Waals surface area contributed by atoms with Crippen molar-refractivity contribution in [2.24, 2.45) is 0 Å². The van der Waals surface area contributed by atoms with Gasteiger partial charge in [-0.25, -0.2) is 4.98 Å². The lowest BCUT2D eigenvalue weighted by molar-refractivity contribution is -0.111. The Bertz CT molecular complexity index is 703. The number of benzene rings is 1. The number of carbonyl (C=O) groups excluding carboxylic acids is 1. The number of anilines is 1. The molecule has 0 radical (unpaired) electrons. The van der Waals surface area contributed by atoms with E-state index < -0.39 is 0 Å². The number of nitrogens with one attached hydrogen (secondary N) is 1. The van der Waals surface area contributed by atoms with Gasteiger partial charge in [0.2, 0.25) is 5.91 Å². The zero-order valence-corrected chi connectivity index (χ0v) is 13.4. The fourth-order valence-electron chi connectivity index (χ4n) is 2.19. The molecule has 2 aromatic rings. The first-order chi connectivity index (χ1) is 10.1. The third-order valence-electron chi connectivity index (χ3n) is 3.20. The number of amides is 1. The minimum absolute atomic E-state index is 0.214. The third kappa shape index (κ3) is 3.46. The van der Waals surface area contributed by atoms with Gasteiger partial charge in [-0.1, -0.05) is 29.3 Å². The van der Waals surface area contributed by atoms with E-state index in [1.807, 2.05) is 0 Å². The highest BCUT2D eigenvalue weighted by atomic mass is 35.5. The zero-order chi connectivity index (χ0) is 14.8. The zero-order valence-electron chi connectivity index (χ0n) is 11.0. The summed E-state index contributed by atoms with van der Waals surface area (Å²) < 4.78 is 0. The summed E-state index contributed by atoms with van der Waals surface area (Å²) in [7, 11) is 0. The maximum Gasteiger partial charge on any atom is 0.250 e.